The van der Waals surface area contributed by atoms with Crippen LogP contribution < -0.4 is 36.0 Å². The SMILES string of the molecule is Cc1cc2c3c(c1)N(c1cccc4sc5ccccc5c14)c1cc(N4c5ccccc5C5(C)CCCCC45C)ccc1B3c1ccc(N3c4ccccc4C4(C)CCCCC34C)cc1N2c1ccc(C(C)(C)C)cc1-c1ccccc1. The van der Waals surface area contributed by atoms with Crippen LogP contribution in [0.1, 0.15) is 122 Å². The van der Waals surface area contributed by atoms with Gasteiger partial charge in [0.15, 0.2) is 0 Å². The fourth-order valence-electron chi connectivity index (χ4n) is 17.1. The van der Waals surface area contributed by atoms with E-state index >= 15 is 0 Å². The van der Waals surface area contributed by atoms with E-state index in [1.54, 1.807) is 0 Å². The van der Waals surface area contributed by atoms with Crippen LogP contribution >= 0.6 is 11.3 Å². The molecule has 4 nitrogen and oxygen atoms in total. The van der Waals surface area contributed by atoms with E-state index in [9.17, 15) is 0 Å². The first kappa shape index (κ1) is 49.3. The molecule has 6 heteroatoms. The molecule has 1 aromatic heterocycles. The second-order valence-corrected chi connectivity index (χ2v) is 27.8. The quantitative estimate of drug-likeness (QED) is 0.159. The van der Waals surface area contributed by atoms with E-state index in [1.165, 1.54) is 165 Å². The Bertz CT molecular complexity index is 4270. The number of aryl methyl sites for hydroxylation is 1. The molecular formula is C75H71BN4S. The molecule has 16 rings (SSSR count). The smallest absolute Gasteiger partial charge is 0.252 e. The molecule has 0 bridgehead atoms. The zero-order valence-electron chi connectivity index (χ0n) is 48.3. The van der Waals surface area contributed by atoms with Crippen LogP contribution in [0.2, 0.25) is 0 Å². The second-order valence-electron chi connectivity index (χ2n) is 26.7. The van der Waals surface area contributed by atoms with Crippen LogP contribution in [0.5, 0.6) is 0 Å². The van der Waals surface area contributed by atoms with Gasteiger partial charge < -0.3 is 19.6 Å². The largest absolute Gasteiger partial charge is 0.334 e. The van der Waals surface area contributed by atoms with E-state index in [0.717, 1.165) is 12.8 Å². The predicted molar refractivity (Wildman–Crippen MR) is 348 cm³/mol. The lowest BCUT2D eigenvalue weighted by atomic mass is 9.33. The highest BCUT2D eigenvalue weighted by Crippen LogP contribution is 2.63. The minimum absolute atomic E-state index is 0.0292. The third-order valence-electron chi connectivity index (χ3n) is 21.5. The van der Waals surface area contributed by atoms with Crippen molar-refractivity contribution in [2.24, 2.45) is 0 Å². The van der Waals surface area contributed by atoms with Crippen molar-refractivity contribution < 1.29 is 0 Å². The van der Waals surface area contributed by atoms with Crippen molar-refractivity contribution in [3.63, 3.8) is 0 Å². The number of anilines is 10. The Morgan fingerprint density at radius 3 is 1.57 bits per heavy atom. The fraction of sp³-hybridized carbons (Fsp3) is 0.280. The summed E-state index contributed by atoms with van der Waals surface area (Å²) in [5.41, 5.74) is 24.6. The monoisotopic (exact) mass is 1070 g/mol. The maximum Gasteiger partial charge on any atom is 0.252 e. The van der Waals surface area contributed by atoms with E-state index in [4.69, 9.17) is 0 Å². The van der Waals surface area contributed by atoms with Gasteiger partial charge in [-0.1, -0.05) is 169 Å². The van der Waals surface area contributed by atoms with Gasteiger partial charge in [0, 0.05) is 82.1 Å². The molecule has 0 saturated heterocycles. The Kier molecular flexibility index (Phi) is 10.5. The van der Waals surface area contributed by atoms with Crippen molar-refractivity contribution in [2.75, 3.05) is 19.6 Å². The number of rotatable bonds is 5. The molecule has 400 valence electrons. The number of hydrogen-bond donors (Lipinski definition) is 0. The fourth-order valence-corrected chi connectivity index (χ4v) is 18.2. The molecule has 0 amide bonds. The molecule has 6 aliphatic rings. The Morgan fingerprint density at radius 1 is 0.444 bits per heavy atom. The summed E-state index contributed by atoms with van der Waals surface area (Å²) in [6.45, 7) is 19.6. The first-order chi connectivity index (χ1) is 39.2. The number of para-hydroxylation sites is 2. The standard InChI is InChI=1S/C75H71BN4S/c1-48-43-65-70-66(44-48)78(62-30-22-32-68-69(62)53-25-12-17-31-67(53)81-68)64-47-52(80-61-29-16-14-27-56(61)73(6)40-19-21-42-75(73,80)8)35-37-58(64)76(70)57-36-34-51(79-60-28-15-13-26-55(60)72(5)39-18-20-41-74(72,79)7)46-63(57)77(65)59-38-33-50(71(2,3)4)45-54(59)49-23-10-9-11-24-49/h9-17,22-38,43-47H,18-21,39-42H2,1-8H3. The van der Waals surface area contributed by atoms with Crippen LogP contribution in [0.15, 0.2) is 188 Å². The summed E-state index contributed by atoms with van der Waals surface area (Å²) in [5, 5.41) is 2.63. The highest BCUT2D eigenvalue weighted by Gasteiger charge is 2.59. The maximum absolute atomic E-state index is 2.78. The van der Waals surface area contributed by atoms with Crippen LogP contribution in [0.25, 0.3) is 31.3 Å². The van der Waals surface area contributed by atoms with Crippen molar-refractivity contribution in [1.82, 2.24) is 0 Å². The molecular weight excluding hydrogens is 1000 g/mol. The normalized spacial score (nSPS) is 23.2. The van der Waals surface area contributed by atoms with Crippen molar-refractivity contribution in [3.05, 3.63) is 210 Å². The van der Waals surface area contributed by atoms with E-state index in [0.29, 0.717) is 0 Å². The molecule has 4 aliphatic heterocycles. The summed E-state index contributed by atoms with van der Waals surface area (Å²) in [7, 11) is 0. The summed E-state index contributed by atoms with van der Waals surface area (Å²) in [4.78, 5) is 11.0. The Labute approximate surface area is 483 Å². The average molecular weight is 1070 g/mol. The first-order valence-electron chi connectivity index (χ1n) is 30.1. The number of fused-ring (bicyclic) bond motifs is 13. The minimum Gasteiger partial charge on any atom is -0.334 e. The summed E-state index contributed by atoms with van der Waals surface area (Å²) < 4.78 is 2.63. The molecule has 4 unspecified atom stereocenters. The van der Waals surface area contributed by atoms with Gasteiger partial charge in [-0.25, -0.2) is 0 Å². The number of thiophene rings is 1. The van der Waals surface area contributed by atoms with Gasteiger partial charge in [-0.15, -0.1) is 11.3 Å². The molecule has 0 N–H and O–H groups in total. The zero-order chi connectivity index (χ0) is 55.0. The highest BCUT2D eigenvalue weighted by atomic mass is 32.1. The van der Waals surface area contributed by atoms with E-state index in [2.05, 4.69) is 263 Å². The van der Waals surface area contributed by atoms with Gasteiger partial charge >= 0.3 is 0 Å². The third kappa shape index (κ3) is 6.66. The lowest BCUT2D eigenvalue weighted by molar-refractivity contribution is 0.195. The third-order valence-corrected chi connectivity index (χ3v) is 22.7. The molecule has 9 aromatic carbocycles. The van der Waals surface area contributed by atoms with Crippen LogP contribution in [-0.4, -0.2) is 17.8 Å². The van der Waals surface area contributed by atoms with E-state index in [-0.39, 0.29) is 34.0 Å². The maximum atomic E-state index is 2.78. The van der Waals surface area contributed by atoms with Gasteiger partial charge in [0.25, 0.3) is 6.71 Å². The molecule has 2 fully saturated rings. The lowest BCUT2D eigenvalue weighted by Gasteiger charge is -2.51. The van der Waals surface area contributed by atoms with Crippen LogP contribution in [0.4, 0.5) is 56.9 Å². The van der Waals surface area contributed by atoms with Crippen molar-refractivity contribution in [3.8, 4) is 11.1 Å². The Balaban J connectivity index is 1.00. The van der Waals surface area contributed by atoms with Gasteiger partial charge in [0.1, 0.15) is 0 Å². The molecule has 2 saturated carbocycles. The summed E-state index contributed by atoms with van der Waals surface area (Å²) >= 11 is 1.91. The van der Waals surface area contributed by atoms with Gasteiger partial charge in [-0.05, 0) is 175 Å². The van der Waals surface area contributed by atoms with Crippen molar-refractivity contribution in [2.45, 2.75) is 134 Å². The molecule has 0 radical (unpaired) electrons. The number of benzene rings is 9. The molecule has 5 heterocycles. The van der Waals surface area contributed by atoms with Crippen LogP contribution in [-0.2, 0) is 16.2 Å². The molecule has 2 aliphatic carbocycles. The van der Waals surface area contributed by atoms with E-state index in [1.807, 2.05) is 11.3 Å². The molecule has 4 atom stereocenters. The minimum atomic E-state index is -0.0890. The van der Waals surface area contributed by atoms with Crippen molar-refractivity contribution >= 4 is 111 Å². The van der Waals surface area contributed by atoms with Crippen molar-refractivity contribution in [1.29, 1.82) is 0 Å². The Morgan fingerprint density at radius 2 is 0.963 bits per heavy atom. The summed E-state index contributed by atoms with van der Waals surface area (Å²) in [6.07, 6.45) is 9.68. The number of hydrogen-bond acceptors (Lipinski definition) is 5. The topological polar surface area (TPSA) is 13.0 Å². The zero-order valence-corrected chi connectivity index (χ0v) is 49.1. The van der Waals surface area contributed by atoms with Crippen LogP contribution in [0, 0.1) is 6.92 Å². The predicted octanol–water partition coefficient (Wildman–Crippen LogP) is 18.9. The van der Waals surface area contributed by atoms with Crippen LogP contribution in [0.3, 0.4) is 0 Å². The molecule has 10 aromatic rings. The summed E-state index contributed by atoms with van der Waals surface area (Å²) in [6, 6.07) is 73.7. The number of nitrogens with zero attached hydrogens (tertiary/aromatic N) is 4. The van der Waals surface area contributed by atoms with Gasteiger partial charge in [-0.3, -0.25) is 0 Å². The van der Waals surface area contributed by atoms with E-state index < -0.39 is 0 Å². The Hall–Kier alpha value is -7.54. The first-order valence-corrected chi connectivity index (χ1v) is 30.9. The second kappa shape index (κ2) is 17.3. The average Bonchev–Trinajstić information content (AvgIpc) is 3.25. The lowest BCUT2D eigenvalue weighted by Crippen LogP contribution is -2.61. The van der Waals surface area contributed by atoms with Gasteiger partial charge in [0.05, 0.1) is 22.5 Å². The molecule has 0 spiro atoms. The highest BCUT2D eigenvalue weighted by molar-refractivity contribution is 7.26. The molecule has 81 heavy (non-hydrogen) atoms. The van der Waals surface area contributed by atoms with Gasteiger partial charge in [-0.2, -0.15) is 0 Å². The summed E-state index contributed by atoms with van der Waals surface area (Å²) in [5.74, 6) is 0. The van der Waals surface area contributed by atoms with Gasteiger partial charge in [0.2, 0.25) is 0 Å².